The molecule has 8 aromatic carbocycles. The van der Waals surface area contributed by atoms with Gasteiger partial charge in [0, 0.05) is 60.5 Å². The number of benzene rings is 8. The van der Waals surface area contributed by atoms with Gasteiger partial charge in [-0.05, 0) is 108 Å². The molecule has 0 aliphatic rings. The second kappa shape index (κ2) is 11.2. The van der Waals surface area contributed by atoms with Crippen LogP contribution in [0.3, 0.4) is 0 Å². The highest BCUT2D eigenvalue weighted by atomic mass is 16.3. The van der Waals surface area contributed by atoms with Crippen LogP contribution in [0.4, 0.5) is 17.1 Å². The van der Waals surface area contributed by atoms with Crippen molar-refractivity contribution in [2.75, 3.05) is 4.90 Å². The lowest BCUT2D eigenvalue weighted by Crippen LogP contribution is -2.09. The average molecular weight is 668 g/mol. The third-order valence-electron chi connectivity index (χ3n) is 10.3. The molecule has 0 saturated carbocycles. The second-order valence-corrected chi connectivity index (χ2v) is 13.3. The van der Waals surface area contributed by atoms with Gasteiger partial charge in [-0.1, -0.05) is 78.9 Å². The maximum absolute atomic E-state index is 6.39. The van der Waals surface area contributed by atoms with E-state index in [-0.39, 0.29) is 0 Å². The van der Waals surface area contributed by atoms with Gasteiger partial charge in [-0.25, -0.2) is 0 Å². The number of nitrogens with zero attached hydrogens (tertiary/aromatic N) is 1. The first-order valence-electron chi connectivity index (χ1n) is 17.5. The zero-order valence-electron chi connectivity index (χ0n) is 27.9. The van der Waals surface area contributed by atoms with Crippen molar-refractivity contribution in [1.29, 1.82) is 0 Å². The average Bonchev–Trinajstić information content (AvgIpc) is 3.95. The largest absolute Gasteiger partial charge is 0.456 e. The van der Waals surface area contributed by atoms with Gasteiger partial charge in [0.25, 0.3) is 0 Å². The summed E-state index contributed by atoms with van der Waals surface area (Å²) in [5.41, 5.74) is 8.83. The summed E-state index contributed by atoms with van der Waals surface area (Å²) in [5, 5.41) is 8.92. The van der Waals surface area contributed by atoms with Crippen LogP contribution < -0.4 is 4.90 Å². The lowest BCUT2D eigenvalue weighted by Gasteiger charge is -2.26. The third kappa shape index (κ3) is 4.48. The van der Waals surface area contributed by atoms with Gasteiger partial charge >= 0.3 is 0 Å². The summed E-state index contributed by atoms with van der Waals surface area (Å²) in [6.45, 7) is 0. The van der Waals surface area contributed by atoms with E-state index in [0.29, 0.717) is 0 Å². The third-order valence-corrected chi connectivity index (χ3v) is 10.3. The van der Waals surface area contributed by atoms with Crippen LogP contribution in [0.2, 0.25) is 0 Å². The number of hydrogen-bond acceptors (Lipinski definition) is 4. The number of rotatable bonds is 5. The molecular formula is C48H29NO3. The highest BCUT2D eigenvalue weighted by Gasteiger charge is 2.18. The molecule has 0 bridgehead atoms. The Morgan fingerprint density at radius 1 is 0.308 bits per heavy atom. The molecule has 0 saturated heterocycles. The fraction of sp³-hybridized carbons (Fsp3) is 0. The Kier molecular flexibility index (Phi) is 6.22. The molecule has 0 aliphatic heterocycles. The van der Waals surface area contributed by atoms with Gasteiger partial charge < -0.3 is 18.2 Å². The molecule has 52 heavy (non-hydrogen) atoms. The van der Waals surface area contributed by atoms with E-state index in [4.69, 9.17) is 13.3 Å². The van der Waals surface area contributed by atoms with Crippen molar-refractivity contribution >= 4 is 82.5 Å². The second-order valence-electron chi connectivity index (χ2n) is 13.3. The fourth-order valence-corrected chi connectivity index (χ4v) is 7.75. The number of furan rings is 3. The standard InChI is InChI=1S/C48H29NO3/c1-2-8-30(9-3-1)43-26-27-44(50-43)31-14-18-34(19-15-31)49(35-20-24-37-32(28-35)16-22-41-39-10-4-6-12-45(39)51-47(37)41)36-21-25-38-33(29-36)17-23-42-40-11-5-7-13-46(40)52-48(38)42/h1-29H. The molecule has 0 amide bonds. The zero-order valence-corrected chi connectivity index (χ0v) is 27.9. The first-order chi connectivity index (χ1) is 25.7. The molecule has 4 heteroatoms. The van der Waals surface area contributed by atoms with E-state index in [1.807, 2.05) is 54.6 Å². The Morgan fingerprint density at radius 2 is 0.769 bits per heavy atom. The Bertz CT molecular complexity index is 2970. The van der Waals surface area contributed by atoms with Crippen molar-refractivity contribution in [3.63, 3.8) is 0 Å². The van der Waals surface area contributed by atoms with Crippen LogP contribution in [0.5, 0.6) is 0 Å². The minimum atomic E-state index is 0.832. The molecule has 0 radical (unpaired) electrons. The van der Waals surface area contributed by atoms with Gasteiger partial charge in [0.05, 0.1) is 0 Å². The van der Waals surface area contributed by atoms with E-state index in [9.17, 15) is 0 Å². The summed E-state index contributed by atoms with van der Waals surface area (Å²) >= 11 is 0. The topological polar surface area (TPSA) is 42.7 Å². The number of fused-ring (bicyclic) bond motifs is 10. The van der Waals surface area contributed by atoms with E-state index in [1.165, 1.54) is 0 Å². The molecule has 3 aromatic heterocycles. The predicted octanol–water partition coefficient (Wildman–Crippen LogP) is 14.2. The van der Waals surface area contributed by atoms with E-state index in [0.717, 1.165) is 105 Å². The van der Waals surface area contributed by atoms with Gasteiger partial charge in [0.1, 0.15) is 33.9 Å². The maximum Gasteiger partial charge on any atom is 0.143 e. The minimum Gasteiger partial charge on any atom is -0.456 e. The summed E-state index contributed by atoms with van der Waals surface area (Å²) in [6, 6.07) is 61.3. The fourth-order valence-electron chi connectivity index (χ4n) is 7.75. The SMILES string of the molecule is c1ccc(-c2ccc(-c3ccc(N(c4ccc5c(ccc6c7ccccc7oc56)c4)c4ccc5c(ccc6c7ccccc7oc56)c4)cc3)o2)cc1. The van der Waals surface area contributed by atoms with Crippen molar-refractivity contribution in [2.45, 2.75) is 0 Å². The van der Waals surface area contributed by atoms with Crippen LogP contribution in [0.1, 0.15) is 0 Å². The Morgan fingerprint density at radius 3 is 1.33 bits per heavy atom. The first-order valence-corrected chi connectivity index (χ1v) is 17.5. The molecule has 0 fully saturated rings. The minimum absolute atomic E-state index is 0.832. The lowest BCUT2D eigenvalue weighted by atomic mass is 10.0. The number of hydrogen-bond donors (Lipinski definition) is 0. The van der Waals surface area contributed by atoms with E-state index >= 15 is 0 Å². The molecule has 11 aromatic rings. The molecular weight excluding hydrogens is 639 g/mol. The predicted molar refractivity (Wildman–Crippen MR) is 214 cm³/mol. The van der Waals surface area contributed by atoms with E-state index in [1.54, 1.807) is 0 Å². The highest BCUT2D eigenvalue weighted by molar-refractivity contribution is 6.17. The molecule has 3 heterocycles. The van der Waals surface area contributed by atoms with Crippen LogP contribution in [0, 0.1) is 0 Å². The Hall–Kier alpha value is -7.04. The number of para-hydroxylation sites is 2. The highest BCUT2D eigenvalue weighted by Crippen LogP contribution is 2.42. The van der Waals surface area contributed by atoms with Crippen LogP contribution in [-0.4, -0.2) is 0 Å². The van der Waals surface area contributed by atoms with Gasteiger partial charge in [-0.15, -0.1) is 0 Å². The summed E-state index contributed by atoms with van der Waals surface area (Å²) < 4.78 is 19.1. The van der Waals surface area contributed by atoms with Crippen LogP contribution in [0.25, 0.3) is 88.1 Å². The summed E-state index contributed by atoms with van der Waals surface area (Å²) in [4.78, 5) is 2.31. The lowest BCUT2D eigenvalue weighted by molar-refractivity contribution is 0.597. The molecule has 244 valence electrons. The first kappa shape index (κ1) is 28.8. The zero-order chi connectivity index (χ0) is 34.2. The Balaban J connectivity index is 1.05. The summed E-state index contributed by atoms with van der Waals surface area (Å²) in [7, 11) is 0. The molecule has 0 atom stereocenters. The smallest absolute Gasteiger partial charge is 0.143 e. The maximum atomic E-state index is 6.39. The van der Waals surface area contributed by atoms with Crippen LogP contribution in [0.15, 0.2) is 189 Å². The van der Waals surface area contributed by atoms with Crippen LogP contribution in [-0.2, 0) is 0 Å². The van der Waals surface area contributed by atoms with Crippen molar-refractivity contribution in [3.05, 3.63) is 176 Å². The van der Waals surface area contributed by atoms with Crippen molar-refractivity contribution in [3.8, 4) is 22.6 Å². The summed E-state index contributed by atoms with van der Waals surface area (Å²) in [5.74, 6) is 1.68. The molecule has 0 unspecified atom stereocenters. The van der Waals surface area contributed by atoms with E-state index < -0.39 is 0 Å². The quantitative estimate of drug-likeness (QED) is 0.183. The molecule has 0 spiro atoms. The van der Waals surface area contributed by atoms with Crippen molar-refractivity contribution in [1.82, 2.24) is 0 Å². The van der Waals surface area contributed by atoms with Gasteiger partial charge in [0.2, 0.25) is 0 Å². The monoisotopic (exact) mass is 667 g/mol. The van der Waals surface area contributed by atoms with E-state index in [2.05, 4.69) is 126 Å². The molecule has 0 N–H and O–H groups in total. The van der Waals surface area contributed by atoms with Crippen molar-refractivity contribution < 1.29 is 13.3 Å². The molecule has 4 nitrogen and oxygen atoms in total. The normalized spacial score (nSPS) is 11.8. The van der Waals surface area contributed by atoms with Crippen LogP contribution >= 0.6 is 0 Å². The summed E-state index contributed by atoms with van der Waals surface area (Å²) in [6.07, 6.45) is 0. The van der Waals surface area contributed by atoms with Crippen molar-refractivity contribution in [2.24, 2.45) is 0 Å². The molecule has 0 aliphatic carbocycles. The van der Waals surface area contributed by atoms with Gasteiger partial charge in [-0.3, -0.25) is 0 Å². The van der Waals surface area contributed by atoms with Gasteiger partial charge in [-0.2, -0.15) is 0 Å². The van der Waals surface area contributed by atoms with Gasteiger partial charge in [0.15, 0.2) is 0 Å². The Labute approximate surface area is 298 Å². The number of anilines is 3. The molecule has 11 rings (SSSR count).